The lowest BCUT2D eigenvalue weighted by atomic mass is 9.75. The Labute approximate surface area is 148 Å². The first-order chi connectivity index (χ1) is 11.5. The highest BCUT2D eigenvalue weighted by Crippen LogP contribution is 2.38. The van der Waals surface area contributed by atoms with Crippen LogP contribution in [0.2, 0.25) is 4.34 Å². The summed E-state index contributed by atoms with van der Waals surface area (Å²) in [6.07, 6.45) is -0.181. The standard InChI is InChI=1S/C17H16ClNO4S/c18-14-13(6-7-24-14)8-17(15(20)21)10-19(11-17)16(22)23-9-12-4-2-1-3-5-12/h1-7H,8-11H2,(H,20,21). The van der Waals surface area contributed by atoms with Gasteiger partial charge >= 0.3 is 12.1 Å². The van der Waals surface area contributed by atoms with Crippen molar-refractivity contribution in [2.45, 2.75) is 13.0 Å². The SMILES string of the molecule is O=C(OCc1ccccc1)N1CC(Cc2ccsc2Cl)(C(=O)O)C1. The van der Waals surface area contributed by atoms with Crippen LogP contribution in [0.5, 0.6) is 0 Å². The highest BCUT2D eigenvalue weighted by Gasteiger charge is 2.52. The third-order valence-corrected chi connectivity index (χ3v) is 5.38. The maximum Gasteiger partial charge on any atom is 0.410 e. The first kappa shape index (κ1) is 16.8. The number of carbonyl (C=O) groups is 2. The molecule has 0 aliphatic carbocycles. The number of nitrogens with zero attached hydrogens (tertiary/aromatic N) is 1. The van der Waals surface area contributed by atoms with Crippen molar-refractivity contribution >= 4 is 35.0 Å². The number of ether oxygens (including phenoxy) is 1. The van der Waals surface area contributed by atoms with Crippen LogP contribution in [0.3, 0.4) is 0 Å². The quantitative estimate of drug-likeness (QED) is 0.877. The van der Waals surface area contributed by atoms with E-state index >= 15 is 0 Å². The van der Waals surface area contributed by atoms with Crippen molar-refractivity contribution in [1.82, 2.24) is 4.90 Å². The van der Waals surface area contributed by atoms with E-state index in [-0.39, 0.29) is 19.7 Å². The summed E-state index contributed by atoms with van der Waals surface area (Å²) in [5, 5.41) is 11.4. The molecule has 0 atom stereocenters. The van der Waals surface area contributed by atoms with Crippen molar-refractivity contribution in [1.29, 1.82) is 0 Å². The van der Waals surface area contributed by atoms with Gasteiger partial charge in [0, 0.05) is 13.1 Å². The van der Waals surface area contributed by atoms with Crippen molar-refractivity contribution in [2.24, 2.45) is 5.41 Å². The summed E-state index contributed by atoms with van der Waals surface area (Å²) in [6, 6.07) is 11.2. The summed E-state index contributed by atoms with van der Waals surface area (Å²) >= 11 is 7.44. The zero-order valence-electron chi connectivity index (χ0n) is 12.8. The van der Waals surface area contributed by atoms with Gasteiger partial charge in [-0.15, -0.1) is 11.3 Å². The summed E-state index contributed by atoms with van der Waals surface area (Å²) < 4.78 is 5.83. The molecule has 126 valence electrons. The summed E-state index contributed by atoms with van der Waals surface area (Å²) in [5.41, 5.74) is 0.707. The molecule has 0 radical (unpaired) electrons. The van der Waals surface area contributed by atoms with Gasteiger partial charge in [-0.1, -0.05) is 41.9 Å². The van der Waals surface area contributed by atoms with E-state index in [1.165, 1.54) is 16.2 Å². The third-order valence-electron chi connectivity index (χ3n) is 4.13. The molecule has 24 heavy (non-hydrogen) atoms. The molecule has 1 aromatic heterocycles. The van der Waals surface area contributed by atoms with Crippen LogP contribution >= 0.6 is 22.9 Å². The van der Waals surface area contributed by atoms with Gasteiger partial charge in [-0.25, -0.2) is 4.79 Å². The van der Waals surface area contributed by atoms with Crippen LogP contribution in [0.15, 0.2) is 41.8 Å². The normalized spacial score (nSPS) is 15.6. The molecular weight excluding hydrogens is 350 g/mol. The van der Waals surface area contributed by atoms with E-state index in [1.807, 2.05) is 41.8 Å². The van der Waals surface area contributed by atoms with Crippen LogP contribution in [0, 0.1) is 5.41 Å². The zero-order chi connectivity index (χ0) is 17.2. The Balaban J connectivity index is 1.58. The predicted octanol–water partition coefficient (Wildman–Crippen LogP) is 3.67. The maximum atomic E-state index is 12.1. The fourth-order valence-electron chi connectivity index (χ4n) is 2.76. The van der Waals surface area contributed by atoms with Crippen molar-refractivity contribution in [2.75, 3.05) is 13.1 Å². The number of carboxylic acids is 1. The number of thiophene rings is 1. The monoisotopic (exact) mass is 365 g/mol. The van der Waals surface area contributed by atoms with E-state index in [0.717, 1.165) is 11.1 Å². The van der Waals surface area contributed by atoms with Crippen LogP contribution in [0.1, 0.15) is 11.1 Å². The van der Waals surface area contributed by atoms with Crippen LogP contribution in [0.25, 0.3) is 0 Å². The summed E-state index contributed by atoms with van der Waals surface area (Å²) in [6.45, 7) is 0.427. The molecule has 5 nitrogen and oxygen atoms in total. The minimum Gasteiger partial charge on any atom is -0.481 e. The minimum atomic E-state index is -0.990. The Morgan fingerprint density at radius 1 is 1.25 bits per heavy atom. The second-order valence-electron chi connectivity index (χ2n) is 5.88. The fraction of sp³-hybridized carbons (Fsp3) is 0.294. The number of amides is 1. The van der Waals surface area contributed by atoms with E-state index in [4.69, 9.17) is 16.3 Å². The molecule has 2 aromatic rings. The molecule has 1 amide bonds. The summed E-state index contributed by atoms with van der Waals surface area (Å²) in [5.74, 6) is -0.920. The van der Waals surface area contributed by atoms with Gasteiger partial charge < -0.3 is 14.7 Å². The van der Waals surface area contributed by atoms with Gasteiger partial charge in [-0.2, -0.15) is 0 Å². The van der Waals surface area contributed by atoms with Crippen LogP contribution in [-0.4, -0.2) is 35.2 Å². The van der Waals surface area contributed by atoms with Gasteiger partial charge in [0.1, 0.15) is 12.0 Å². The number of likely N-dealkylation sites (tertiary alicyclic amines) is 1. The number of rotatable bonds is 5. The van der Waals surface area contributed by atoms with E-state index < -0.39 is 17.5 Å². The molecule has 1 N–H and O–H groups in total. The van der Waals surface area contributed by atoms with Crippen molar-refractivity contribution in [3.63, 3.8) is 0 Å². The van der Waals surface area contributed by atoms with Gasteiger partial charge in [0.15, 0.2) is 0 Å². The Bertz CT molecular complexity index is 740. The number of aliphatic carboxylic acids is 1. The highest BCUT2D eigenvalue weighted by atomic mass is 35.5. The fourth-order valence-corrected chi connectivity index (χ4v) is 3.68. The number of benzene rings is 1. The number of carbonyl (C=O) groups excluding carboxylic acids is 1. The number of halogens is 1. The molecule has 1 aliphatic rings. The first-order valence-corrected chi connectivity index (χ1v) is 8.67. The molecule has 1 aromatic carbocycles. The lowest BCUT2D eigenvalue weighted by Crippen LogP contribution is -2.63. The lowest BCUT2D eigenvalue weighted by Gasteiger charge is -2.46. The predicted molar refractivity (Wildman–Crippen MR) is 91.3 cm³/mol. The molecule has 1 fully saturated rings. The number of hydrogen-bond donors (Lipinski definition) is 1. The second kappa shape index (κ2) is 6.83. The van der Waals surface area contributed by atoms with E-state index in [1.54, 1.807) is 0 Å². The van der Waals surface area contributed by atoms with Crippen molar-refractivity contribution < 1.29 is 19.4 Å². The van der Waals surface area contributed by atoms with Gasteiger partial charge in [0.25, 0.3) is 0 Å². The Hall–Kier alpha value is -2.05. The molecule has 1 saturated heterocycles. The average Bonchev–Trinajstić information content (AvgIpc) is 2.93. The molecule has 0 unspecified atom stereocenters. The van der Waals surface area contributed by atoms with E-state index in [9.17, 15) is 14.7 Å². The zero-order valence-corrected chi connectivity index (χ0v) is 14.3. The minimum absolute atomic E-state index is 0.127. The molecule has 7 heteroatoms. The van der Waals surface area contributed by atoms with Crippen LogP contribution in [-0.2, 0) is 22.6 Å². The number of hydrogen-bond acceptors (Lipinski definition) is 4. The highest BCUT2D eigenvalue weighted by molar-refractivity contribution is 7.14. The Morgan fingerprint density at radius 3 is 2.54 bits per heavy atom. The molecule has 0 saturated carbocycles. The summed E-state index contributed by atoms with van der Waals surface area (Å²) in [4.78, 5) is 25.1. The van der Waals surface area contributed by atoms with E-state index in [2.05, 4.69) is 0 Å². The number of carboxylic acid groups (broad SMARTS) is 1. The van der Waals surface area contributed by atoms with Gasteiger partial charge in [-0.3, -0.25) is 4.79 Å². The van der Waals surface area contributed by atoms with Gasteiger partial charge in [0.2, 0.25) is 0 Å². The van der Waals surface area contributed by atoms with Gasteiger partial charge in [-0.05, 0) is 29.0 Å². The third kappa shape index (κ3) is 3.39. The van der Waals surface area contributed by atoms with Crippen LogP contribution in [0.4, 0.5) is 4.79 Å². The molecule has 0 spiro atoms. The topological polar surface area (TPSA) is 66.8 Å². The molecular formula is C17H16ClNO4S. The summed E-state index contributed by atoms with van der Waals surface area (Å²) in [7, 11) is 0. The average molecular weight is 366 g/mol. The molecule has 1 aliphatic heterocycles. The molecule has 0 bridgehead atoms. The van der Waals surface area contributed by atoms with Gasteiger partial charge in [0.05, 0.1) is 4.34 Å². The molecule has 3 rings (SSSR count). The Kier molecular flexibility index (Phi) is 4.78. The second-order valence-corrected chi connectivity index (χ2v) is 7.40. The van der Waals surface area contributed by atoms with E-state index in [0.29, 0.717) is 10.8 Å². The maximum absolute atomic E-state index is 12.1. The largest absolute Gasteiger partial charge is 0.481 e. The molecule has 2 heterocycles. The lowest BCUT2D eigenvalue weighted by molar-refractivity contribution is -0.158. The van der Waals surface area contributed by atoms with Crippen LogP contribution < -0.4 is 0 Å². The smallest absolute Gasteiger partial charge is 0.410 e. The first-order valence-electron chi connectivity index (χ1n) is 7.41. The van der Waals surface area contributed by atoms with Crippen molar-refractivity contribution in [3.8, 4) is 0 Å². The van der Waals surface area contributed by atoms with Crippen molar-refractivity contribution in [3.05, 3.63) is 57.2 Å². The Morgan fingerprint density at radius 2 is 1.96 bits per heavy atom.